The van der Waals surface area contributed by atoms with Gasteiger partial charge in [-0.05, 0) is 36.3 Å². The second-order valence-corrected chi connectivity index (χ2v) is 7.05. The minimum absolute atomic E-state index is 0.586. The first-order chi connectivity index (χ1) is 9.83. The third kappa shape index (κ3) is 3.48. The van der Waals surface area contributed by atoms with Crippen molar-refractivity contribution in [3.8, 4) is 0 Å². The first-order valence-electron chi connectivity index (χ1n) is 7.61. The molecule has 0 spiro atoms. The van der Waals surface area contributed by atoms with Crippen molar-refractivity contribution in [1.29, 1.82) is 0 Å². The zero-order chi connectivity index (χ0) is 13.8. The number of thioether (sulfide) groups is 1. The molecule has 2 heterocycles. The van der Waals surface area contributed by atoms with Crippen LogP contribution in [0.5, 0.6) is 0 Å². The molecule has 1 aromatic carbocycles. The molecule has 1 fully saturated rings. The summed E-state index contributed by atoms with van der Waals surface area (Å²) in [6, 6.07) is 6.95. The summed E-state index contributed by atoms with van der Waals surface area (Å²) in [5, 5.41) is 4.17. The molecule has 1 atom stereocenters. The molecule has 3 nitrogen and oxygen atoms in total. The molecule has 2 aliphatic rings. The van der Waals surface area contributed by atoms with Gasteiger partial charge in [-0.1, -0.05) is 12.1 Å². The number of anilines is 1. The van der Waals surface area contributed by atoms with E-state index >= 15 is 0 Å². The lowest BCUT2D eigenvalue weighted by molar-refractivity contribution is 0.0342. The zero-order valence-electron chi connectivity index (χ0n) is 12.2. The van der Waals surface area contributed by atoms with Crippen LogP contribution in [0.4, 0.5) is 5.69 Å². The lowest BCUT2D eigenvalue weighted by Crippen LogP contribution is -2.35. The Kier molecular flexibility index (Phi) is 4.86. The number of morpholine rings is 1. The average Bonchev–Trinajstić information content (AvgIpc) is 2.47. The number of benzene rings is 1. The number of nitrogens with one attached hydrogen (secondary N) is 1. The molecule has 0 radical (unpaired) electrons. The number of hydrogen-bond acceptors (Lipinski definition) is 4. The first kappa shape index (κ1) is 14.2. The fourth-order valence-electron chi connectivity index (χ4n) is 2.87. The Labute approximate surface area is 126 Å². The van der Waals surface area contributed by atoms with Crippen LogP contribution in [0.25, 0.3) is 0 Å². The van der Waals surface area contributed by atoms with Crippen molar-refractivity contribution >= 4 is 17.4 Å². The van der Waals surface area contributed by atoms with Crippen LogP contribution < -0.4 is 5.32 Å². The Morgan fingerprint density at radius 3 is 3.05 bits per heavy atom. The van der Waals surface area contributed by atoms with Crippen LogP contribution in [-0.4, -0.2) is 43.5 Å². The molecular weight excluding hydrogens is 268 g/mol. The second-order valence-electron chi connectivity index (χ2n) is 5.60. The van der Waals surface area contributed by atoms with E-state index in [0.29, 0.717) is 5.25 Å². The molecule has 1 aromatic rings. The molecule has 4 heteroatoms. The fourth-order valence-corrected chi connectivity index (χ4v) is 3.91. The highest BCUT2D eigenvalue weighted by Gasteiger charge is 2.16. The number of nitrogens with zero attached hydrogens (tertiary/aromatic N) is 1. The first-order valence-corrected chi connectivity index (χ1v) is 8.66. The molecule has 1 unspecified atom stereocenters. The van der Waals surface area contributed by atoms with Crippen LogP contribution in [0.2, 0.25) is 0 Å². The standard InChI is InChI=1S/C16H24N2OS/c1-13-15-11-14(12-18-6-8-19-9-7-18)3-4-16(15)17-5-2-10-20-13/h3-4,11,13,17H,2,5-10,12H2,1H3. The van der Waals surface area contributed by atoms with Crippen LogP contribution in [-0.2, 0) is 11.3 Å². The highest BCUT2D eigenvalue weighted by Crippen LogP contribution is 2.36. The van der Waals surface area contributed by atoms with Gasteiger partial charge in [-0.25, -0.2) is 0 Å². The van der Waals surface area contributed by atoms with E-state index in [0.717, 1.165) is 39.4 Å². The van der Waals surface area contributed by atoms with Crippen LogP contribution in [0.3, 0.4) is 0 Å². The maximum Gasteiger partial charge on any atom is 0.0594 e. The van der Waals surface area contributed by atoms with Crippen molar-refractivity contribution in [2.45, 2.75) is 25.1 Å². The van der Waals surface area contributed by atoms with Crippen molar-refractivity contribution in [1.82, 2.24) is 4.90 Å². The predicted octanol–water partition coefficient (Wildman–Crippen LogP) is 3.13. The third-order valence-electron chi connectivity index (χ3n) is 4.07. The summed E-state index contributed by atoms with van der Waals surface area (Å²) >= 11 is 2.08. The minimum atomic E-state index is 0.586. The van der Waals surface area contributed by atoms with E-state index in [9.17, 15) is 0 Å². The Hall–Kier alpha value is -0.710. The van der Waals surface area contributed by atoms with Gasteiger partial charge in [0.05, 0.1) is 13.2 Å². The van der Waals surface area contributed by atoms with Gasteiger partial charge in [0, 0.05) is 37.1 Å². The summed E-state index contributed by atoms with van der Waals surface area (Å²) in [5.41, 5.74) is 4.23. The van der Waals surface area contributed by atoms with E-state index in [2.05, 4.69) is 47.1 Å². The highest BCUT2D eigenvalue weighted by molar-refractivity contribution is 7.99. The Bertz CT molecular complexity index is 446. The van der Waals surface area contributed by atoms with Crippen LogP contribution in [0.15, 0.2) is 18.2 Å². The highest BCUT2D eigenvalue weighted by atomic mass is 32.2. The SMILES string of the molecule is CC1SCCCNc2ccc(CN3CCOCC3)cc21. The van der Waals surface area contributed by atoms with Gasteiger partial charge >= 0.3 is 0 Å². The van der Waals surface area contributed by atoms with Crippen molar-refractivity contribution in [3.63, 3.8) is 0 Å². The van der Waals surface area contributed by atoms with Gasteiger partial charge in [-0.2, -0.15) is 11.8 Å². The summed E-state index contributed by atoms with van der Waals surface area (Å²) in [4.78, 5) is 2.49. The average molecular weight is 292 g/mol. The molecule has 0 aromatic heterocycles. The summed E-state index contributed by atoms with van der Waals surface area (Å²) in [7, 11) is 0. The quantitative estimate of drug-likeness (QED) is 0.905. The molecule has 1 N–H and O–H groups in total. The summed E-state index contributed by atoms with van der Waals surface area (Å²) in [5.74, 6) is 1.25. The van der Waals surface area contributed by atoms with E-state index in [-0.39, 0.29) is 0 Å². The van der Waals surface area contributed by atoms with E-state index in [1.54, 1.807) is 0 Å². The second kappa shape index (κ2) is 6.83. The Balaban J connectivity index is 1.75. The van der Waals surface area contributed by atoms with Gasteiger partial charge < -0.3 is 10.1 Å². The molecule has 0 aliphatic carbocycles. The van der Waals surface area contributed by atoms with Crippen LogP contribution in [0.1, 0.15) is 29.7 Å². The molecule has 0 amide bonds. The van der Waals surface area contributed by atoms with Gasteiger partial charge in [0.25, 0.3) is 0 Å². The van der Waals surface area contributed by atoms with Crippen LogP contribution >= 0.6 is 11.8 Å². The van der Waals surface area contributed by atoms with Crippen molar-refractivity contribution in [2.24, 2.45) is 0 Å². The minimum Gasteiger partial charge on any atom is -0.385 e. The molecule has 3 rings (SSSR count). The maximum absolute atomic E-state index is 5.42. The predicted molar refractivity (Wildman–Crippen MR) is 86.5 cm³/mol. The van der Waals surface area contributed by atoms with E-state index in [1.807, 2.05) is 0 Å². The van der Waals surface area contributed by atoms with Crippen molar-refractivity contribution < 1.29 is 4.74 Å². The molecule has 0 bridgehead atoms. The number of rotatable bonds is 2. The summed E-state index contributed by atoms with van der Waals surface area (Å²) < 4.78 is 5.42. The number of ether oxygens (including phenoxy) is 1. The third-order valence-corrected chi connectivity index (χ3v) is 5.35. The lowest BCUT2D eigenvalue weighted by atomic mass is 10.0. The summed E-state index contributed by atoms with van der Waals surface area (Å²) in [6.45, 7) is 8.33. The molecular formula is C16H24N2OS. The Morgan fingerprint density at radius 1 is 1.35 bits per heavy atom. The zero-order valence-corrected chi connectivity index (χ0v) is 13.0. The lowest BCUT2D eigenvalue weighted by Gasteiger charge is -2.27. The molecule has 2 aliphatic heterocycles. The van der Waals surface area contributed by atoms with E-state index in [1.165, 1.54) is 29.0 Å². The fraction of sp³-hybridized carbons (Fsp3) is 0.625. The molecule has 0 saturated carbocycles. The van der Waals surface area contributed by atoms with Crippen LogP contribution in [0, 0.1) is 0 Å². The smallest absolute Gasteiger partial charge is 0.0594 e. The summed E-state index contributed by atoms with van der Waals surface area (Å²) in [6.07, 6.45) is 1.25. The largest absolute Gasteiger partial charge is 0.385 e. The van der Waals surface area contributed by atoms with Gasteiger partial charge in [0.15, 0.2) is 0 Å². The van der Waals surface area contributed by atoms with Gasteiger partial charge in [0.2, 0.25) is 0 Å². The molecule has 20 heavy (non-hydrogen) atoms. The maximum atomic E-state index is 5.42. The van der Waals surface area contributed by atoms with Gasteiger partial charge in [0.1, 0.15) is 0 Å². The van der Waals surface area contributed by atoms with Gasteiger partial charge in [-0.3, -0.25) is 4.90 Å². The van der Waals surface area contributed by atoms with Gasteiger partial charge in [-0.15, -0.1) is 0 Å². The Morgan fingerprint density at radius 2 is 2.20 bits per heavy atom. The monoisotopic (exact) mass is 292 g/mol. The number of hydrogen-bond donors (Lipinski definition) is 1. The van der Waals surface area contributed by atoms with E-state index < -0.39 is 0 Å². The molecule has 1 saturated heterocycles. The topological polar surface area (TPSA) is 24.5 Å². The number of fused-ring (bicyclic) bond motifs is 1. The van der Waals surface area contributed by atoms with E-state index in [4.69, 9.17) is 4.74 Å². The van der Waals surface area contributed by atoms with Crippen molar-refractivity contribution in [2.75, 3.05) is 43.9 Å². The van der Waals surface area contributed by atoms with Crippen molar-refractivity contribution in [3.05, 3.63) is 29.3 Å². The normalized spacial score (nSPS) is 24.4. The molecule has 110 valence electrons.